The van der Waals surface area contributed by atoms with Gasteiger partial charge in [-0.15, -0.1) is 0 Å². The highest BCUT2D eigenvalue weighted by Crippen LogP contribution is 2.22. The molecule has 0 aliphatic heterocycles. The van der Waals surface area contributed by atoms with Gasteiger partial charge in [-0.3, -0.25) is 4.79 Å². The molecule has 5 nitrogen and oxygen atoms in total. The normalized spacial score (nSPS) is 12.2. The van der Waals surface area contributed by atoms with E-state index >= 15 is 0 Å². The second-order valence-corrected chi connectivity index (χ2v) is 5.38. The summed E-state index contributed by atoms with van der Waals surface area (Å²) in [6.07, 6.45) is 3.06. The molecule has 1 atom stereocenters. The van der Waals surface area contributed by atoms with E-state index in [-0.39, 0.29) is 17.3 Å². The Balaban J connectivity index is 1.84. The first-order valence-corrected chi connectivity index (χ1v) is 7.72. The fourth-order valence-electron chi connectivity index (χ4n) is 2.35. The van der Waals surface area contributed by atoms with E-state index in [0.717, 1.165) is 5.56 Å². The molecule has 0 unspecified atom stereocenters. The first-order valence-electron chi connectivity index (χ1n) is 7.72. The summed E-state index contributed by atoms with van der Waals surface area (Å²) in [4.78, 5) is 16.4. The third kappa shape index (κ3) is 4.17. The molecular formula is C19H16FN3O2. The van der Waals surface area contributed by atoms with Crippen LogP contribution in [0, 0.1) is 12.7 Å². The third-order valence-corrected chi connectivity index (χ3v) is 3.53. The molecule has 1 N–H and O–H groups in total. The Morgan fingerprint density at radius 1 is 1.16 bits per heavy atom. The number of carbonyl (C=O) groups is 1. The van der Waals surface area contributed by atoms with Crippen LogP contribution < -0.4 is 5.32 Å². The number of benzene rings is 2. The summed E-state index contributed by atoms with van der Waals surface area (Å²) in [5.74, 6) is -0.309. The van der Waals surface area contributed by atoms with E-state index in [0.29, 0.717) is 5.89 Å². The zero-order chi connectivity index (χ0) is 17.6. The Morgan fingerprint density at radius 3 is 2.56 bits per heavy atom. The average molecular weight is 337 g/mol. The van der Waals surface area contributed by atoms with Crippen molar-refractivity contribution < 1.29 is 13.7 Å². The minimum Gasteiger partial charge on any atom is -0.340 e. The minimum atomic E-state index is -0.841. The molecule has 1 heterocycles. The first kappa shape index (κ1) is 16.6. The third-order valence-electron chi connectivity index (χ3n) is 3.53. The van der Waals surface area contributed by atoms with Crippen molar-refractivity contribution in [2.24, 2.45) is 0 Å². The van der Waals surface area contributed by atoms with Crippen molar-refractivity contribution in [1.82, 2.24) is 15.5 Å². The highest BCUT2D eigenvalue weighted by molar-refractivity contribution is 5.92. The molecule has 1 aromatic heterocycles. The van der Waals surface area contributed by atoms with Crippen LogP contribution in [0.4, 0.5) is 4.39 Å². The van der Waals surface area contributed by atoms with Crippen LogP contribution in [0.15, 0.2) is 65.2 Å². The minimum absolute atomic E-state index is 0.198. The molecule has 0 saturated heterocycles. The second-order valence-electron chi connectivity index (χ2n) is 5.38. The number of halogens is 1. The maximum Gasteiger partial charge on any atom is 0.244 e. The molecule has 0 saturated carbocycles. The Kier molecular flexibility index (Phi) is 4.99. The molecule has 0 fully saturated rings. The summed E-state index contributed by atoms with van der Waals surface area (Å²) in [6, 6.07) is 14.7. The lowest BCUT2D eigenvalue weighted by Crippen LogP contribution is -2.29. The lowest BCUT2D eigenvalue weighted by atomic mass is 10.1. The van der Waals surface area contributed by atoms with Gasteiger partial charge in [0.25, 0.3) is 0 Å². The zero-order valence-corrected chi connectivity index (χ0v) is 13.5. The molecule has 3 aromatic rings. The van der Waals surface area contributed by atoms with Crippen LogP contribution in [0.2, 0.25) is 0 Å². The van der Waals surface area contributed by atoms with Crippen molar-refractivity contribution in [3.05, 3.63) is 89.3 Å². The molecule has 0 aliphatic rings. The van der Waals surface area contributed by atoms with Gasteiger partial charge >= 0.3 is 0 Å². The Bertz CT molecular complexity index is 890. The topological polar surface area (TPSA) is 68.0 Å². The number of nitrogens with one attached hydrogen (secondary N) is 1. The first-order chi connectivity index (χ1) is 12.1. The molecule has 25 heavy (non-hydrogen) atoms. The van der Waals surface area contributed by atoms with E-state index in [1.165, 1.54) is 12.1 Å². The quantitative estimate of drug-likeness (QED) is 0.724. The second kappa shape index (κ2) is 7.53. The molecule has 2 aromatic carbocycles. The van der Waals surface area contributed by atoms with Crippen LogP contribution in [0.3, 0.4) is 0 Å². The number of carbonyl (C=O) groups excluding carboxylic acids is 1. The Morgan fingerprint density at radius 2 is 1.88 bits per heavy atom. The standard InChI is InChI=1S/C19H16FN3O2/c1-13-21-19(23-25-13)18(15-9-5-6-10-16(15)20)22-17(24)12-11-14-7-3-2-4-8-14/h2-12,18H,1H3,(H,22,24)/b12-11+/t18-/m1/s1. The van der Waals surface area contributed by atoms with Gasteiger partial charge in [0.15, 0.2) is 5.82 Å². The summed E-state index contributed by atoms with van der Waals surface area (Å²) in [7, 11) is 0. The zero-order valence-electron chi connectivity index (χ0n) is 13.5. The number of amides is 1. The molecule has 126 valence electrons. The van der Waals surface area contributed by atoms with E-state index in [1.54, 1.807) is 31.2 Å². The van der Waals surface area contributed by atoms with Crippen molar-refractivity contribution in [2.45, 2.75) is 13.0 Å². The molecule has 0 bridgehead atoms. The lowest BCUT2D eigenvalue weighted by molar-refractivity contribution is -0.117. The van der Waals surface area contributed by atoms with Gasteiger partial charge in [-0.1, -0.05) is 53.7 Å². The van der Waals surface area contributed by atoms with Crippen LogP contribution in [0.1, 0.15) is 28.9 Å². The predicted molar refractivity (Wildman–Crippen MR) is 90.9 cm³/mol. The number of hydrogen-bond donors (Lipinski definition) is 1. The van der Waals surface area contributed by atoms with Gasteiger partial charge in [-0.05, 0) is 17.7 Å². The van der Waals surface area contributed by atoms with E-state index in [1.807, 2.05) is 30.3 Å². The fourth-order valence-corrected chi connectivity index (χ4v) is 2.35. The summed E-state index contributed by atoms with van der Waals surface area (Å²) >= 11 is 0. The van der Waals surface area contributed by atoms with Crippen LogP contribution in [0.5, 0.6) is 0 Å². The van der Waals surface area contributed by atoms with Gasteiger partial charge in [-0.25, -0.2) is 4.39 Å². The molecule has 3 rings (SSSR count). The summed E-state index contributed by atoms with van der Waals surface area (Å²) in [6.45, 7) is 1.63. The Labute approximate surface area is 144 Å². The van der Waals surface area contributed by atoms with Crippen molar-refractivity contribution >= 4 is 12.0 Å². The summed E-state index contributed by atoms with van der Waals surface area (Å²) < 4.78 is 19.1. The maximum atomic E-state index is 14.2. The smallest absolute Gasteiger partial charge is 0.244 e. The van der Waals surface area contributed by atoms with E-state index in [2.05, 4.69) is 15.5 Å². The fraction of sp³-hybridized carbons (Fsp3) is 0.105. The SMILES string of the molecule is Cc1nc([C@H](NC(=O)/C=C/c2ccccc2)c2ccccc2F)no1. The molecule has 6 heteroatoms. The number of aromatic nitrogens is 2. The molecule has 1 amide bonds. The van der Waals surface area contributed by atoms with Crippen LogP contribution in [0.25, 0.3) is 6.08 Å². The molecule has 0 aliphatic carbocycles. The number of hydrogen-bond acceptors (Lipinski definition) is 4. The molecule has 0 radical (unpaired) electrons. The highest BCUT2D eigenvalue weighted by Gasteiger charge is 2.23. The van der Waals surface area contributed by atoms with Crippen molar-refractivity contribution in [3.8, 4) is 0 Å². The highest BCUT2D eigenvalue weighted by atomic mass is 19.1. The average Bonchev–Trinajstić information content (AvgIpc) is 3.06. The Hall–Kier alpha value is -3.28. The van der Waals surface area contributed by atoms with Crippen molar-refractivity contribution in [2.75, 3.05) is 0 Å². The van der Waals surface area contributed by atoms with Gasteiger partial charge in [0.2, 0.25) is 11.8 Å². The number of rotatable bonds is 5. The largest absolute Gasteiger partial charge is 0.340 e. The van der Waals surface area contributed by atoms with Gasteiger partial charge in [0, 0.05) is 18.6 Å². The maximum absolute atomic E-state index is 14.2. The van der Waals surface area contributed by atoms with Gasteiger partial charge in [0.05, 0.1) is 0 Å². The summed E-state index contributed by atoms with van der Waals surface area (Å²) in [5.41, 5.74) is 1.15. The molecular weight excluding hydrogens is 321 g/mol. The van der Waals surface area contributed by atoms with Gasteiger partial charge in [-0.2, -0.15) is 4.98 Å². The van der Waals surface area contributed by atoms with Crippen LogP contribution in [-0.2, 0) is 4.79 Å². The summed E-state index contributed by atoms with van der Waals surface area (Å²) in [5, 5.41) is 6.54. The van der Waals surface area contributed by atoms with Gasteiger partial charge in [0.1, 0.15) is 11.9 Å². The van der Waals surface area contributed by atoms with E-state index in [4.69, 9.17) is 4.52 Å². The van der Waals surface area contributed by atoms with Crippen molar-refractivity contribution in [1.29, 1.82) is 0 Å². The number of aryl methyl sites for hydroxylation is 1. The number of nitrogens with zero attached hydrogens (tertiary/aromatic N) is 2. The van der Waals surface area contributed by atoms with Gasteiger partial charge < -0.3 is 9.84 Å². The predicted octanol–water partition coefficient (Wildman–Crippen LogP) is 3.44. The molecule has 0 spiro atoms. The van der Waals surface area contributed by atoms with E-state index < -0.39 is 11.9 Å². The monoisotopic (exact) mass is 337 g/mol. The van der Waals surface area contributed by atoms with E-state index in [9.17, 15) is 9.18 Å². The van der Waals surface area contributed by atoms with Crippen LogP contribution >= 0.6 is 0 Å². The van der Waals surface area contributed by atoms with Crippen LogP contribution in [-0.4, -0.2) is 16.0 Å². The lowest BCUT2D eigenvalue weighted by Gasteiger charge is -2.15. The van der Waals surface area contributed by atoms with Crippen molar-refractivity contribution in [3.63, 3.8) is 0 Å².